The summed E-state index contributed by atoms with van der Waals surface area (Å²) in [6.45, 7) is 3.64. The van der Waals surface area contributed by atoms with Gasteiger partial charge in [0.15, 0.2) is 0 Å². The van der Waals surface area contributed by atoms with E-state index in [2.05, 4.69) is 32.5 Å². The zero-order valence-corrected chi connectivity index (χ0v) is 18.2. The van der Waals surface area contributed by atoms with Crippen molar-refractivity contribution in [2.45, 2.75) is 62.8 Å². The Balaban J connectivity index is 1.79. The largest absolute Gasteiger partial charge is 0.421 e. The number of nitrogens with one attached hydrogen (secondary N) is 3. The van der Waals surface area contributed by atoms with Crippen LogP contribution >= 0.6 is 0 Å². The van der Waals surface area contributed by atoms with E-state index in [1.165, 1.54) is 4.90 Å². The van der Waals surface area contributed by atoms with E-state index in [0.29, 0.717) is 38.8 Å². The van der Waals surface area contributed by atoms with Gasteiger partial charge in [0.05, 0.1) is 0 Å². The van der Waals surface area contributed by atoms with E-state index in [4.69, 9.17) is 5.11 Å². The molecular formula is C21H29F3N6O3. The summed E-state index contributed by atoms with van der Waals surface area (Å²) in [6, 6.07) is -1.04. The molecule has 1 aliphatic carbocycles. The molecule has 0 bridgehead atoms. The standard InChI is InChI=1S/C21H29F3N6O3/c1-2-17(32)27-15-7-3-4-8-16(15)28-19-14(21(22,23)24)10-25-20(29-19)26-13-6-5-9-30(11-13)18(33)12-31/h2,10,13,15-16,31H,1,3-9,11-12H2,(H,27,32)(H2,25,26,28,29)/t13-,15?,16?/m0/s1. The number of halogens is 3. The maximum absolute atomic E-state index is 13.6. The lowest BCUT2D eigenvalue weighted by Gasteiger charge is -2.34. The van der Waals surface area contributed by atoms with Gasteiger partial charge in [0.2, 0.25) is 17.8 Å². The molecule has 0 spiro atoms. The zero-order chi connectivity index (χ0) is 24.0. The van der Waals surface area contributed by atoms with Crippen LogP contribution in [0.25, 0.3) is 0 Å². The lowest BCUT2D eigenvalue weighted by molar-refractivity contribution is -0.137. The summed E-state index contributed by atoms with van der Waals surface area (Å²) in [5, 5.41) is 17.8. The van der Waals surface area contributed by atoms with Gasteiger partial charge < -0.3 is 26.0 Å². The maximum atomic E-state index is 13.6. The third kappa shape index (κ3) is 6.56. The van der Waals surface area contributed by atoms with Crippen molar-refractivity contribution in [1.29, 1.82) is 0 Å². The summed E-state index contributed by atoms with van der Waals surface area (Å²) >= 11 is 0. The topological polar surface area (TPSA) is 119 Å². The first-order chi connectivity index (χ1) is 15.7. The molecule has 2 heterocycles. The number of carbonyl (C=O) groups excluding carboxylic acids is 2. The second-order valence-electron chi connectivity index (χ2n) is 8.29. The molecule has 2 unspecified atom stereocenters. The number of anilines is 2. The van der Waals surface area contributed by atoms with Crippen molar-refractivity contribution in [3.63, 3.8) is 0 Å². The van der Waals surface area contributed by atoms with E-state index < -0.39 is 30.3 Å². The number of hydrogen-bond donors (Lipinski definition) is 4. The average Bonchev–Trinajstić information content (AvgIpc) is 2.79. The van der Waals surface area contributed by atoms with Gasteiger partial charge in [0.25, 0.3) is 0 Å². The SMILES string of the molecule is C=CC(=O)NC1CCCCC1Nc1nc(N[C@H]2CCCN(C(=O)CO)C2)ncc1C(F)(F)F. The van der Waals surface area contributed by atoms with Gasteiger partial charge in [-0.25, -0.2) is 4.98 Å². The summed E-state index contributed by atoms with van der Waals surface area (Å²) in [5.74, 6) is -1.13. The van der Waals surface area contributed by atoms with Gasteiger partial charge in [-0.05, 0) is 31.8 Å². The fourth-order valence-electron chi connectivity index (χ4n) is 4.27. The Labute approximate surface area is 189 Å². The van der Waals surface area contributed by atoms with E-state index in [0.717, 1.165) is 25.1 Å². The number of amides is 2. The highest BCUT2D eigenvalue weighted by atomic mass is 19.4. The number of alkyl halides is 3. The molecule has 3 atom stereocenters. The average molecular weight is 470 g/mol. The molecule has 1 aromatic rings. The smallest absolute Gasteiger partial charge is 0.387 e. The van der Waals surface area contributed by atoms with Gasteiger partial charge in [-0.15, -0.1) is 0 Å². The predicted octanol–water partition coefficient (Wildman–Crippen LogP) is 1.92. The third-order valence-electron chi connectivity index (χ3n) is 5.94. The van der Waals surface area contributed by atoms with Crippen molar-refractivity contribution >= 4 is 23.6 Å². The van der Waals surface area contributed by atoms with Gasteiger partial charge in [-0.3, -0.25) is 9.59 Å². The number of aliphatic hydroxyl groups excluding tert-OH is 1. The molecular weight excluding hydrogens is 441 g/mol. The number of rotatable bonds is 7. The van der Waals surface area contributed by atoms with Gasteiger partial charge in [0, 0.05) is 37.4 Å². The van der Waals surface area contributed by atoms with Gasteiger partial charge >= 0.3 is 6.18 Å². The first-order valence-corrected chi connectivity index (χ1v) is 11.0. The number of aliphatic hydroxyl groups is 1. The van der Waals surface area contributed by atoms with Crippen molar-refractivity contribution in [2.75, 3.05) is 30.3 Å². The predicted molar refractivity (Wildman–Crippen MR) is 115 cm³/mol. The van der Waals surface area contributed by atoms with Crippen LogP contribution in [0.1, 0.15) is 44.1 Å². The normalized spacial score (nSPS) is 23.5. The van der Waals surface area contributed by atoms with Crippen LogP contribution in [0.5, 0.6) is 0 Å². The Bertz CT molecular complexity index is 866. The number of piperidine rings is 1. The van der Waals surface area contributed by atoms with E-state index >= 15 is 0 Å². The van der Waals surface area contributed by atoms with Gasteiger partial charge in [-0.2, -0.15) is 18.2 Å². The number of hydrogen-bond acceptors (Lipinski definition) is 7. The molecule has 3 rings (SSSR count). The van der Waals surface area contributed by atoms with Gasteiger partial charge in [0.1, 0.15) is 18.0 Å². The molecule has 4 N–H and O–H groups in total. The molecule has 1 saturated heterocycles. The first kappa shape index (κ1) is 24.7. The van der Waals surface area contributed by atoms with Crippen molar-refractivity contribution in [2.24, 2.45) is 0 Å². The van der Waals surface area contributed by atoms with Crippen molar-refractivity contribution in [1.82, 2.24) is 20.2 Å². The minimum absolute atomic E-state index is 0.0104. The molecule has 0 aromatic carbocycles. The maximum Gasteiger partial charge on any atom is 0.421 e. The highest BCUT2D eigenvalue weighted by Gasteiger charge is 2.37. The first-order valence-electron chi connectivity index (χ1n) is 11.0. The molecule has 2 aliphatic rings. The zero-order valence-electron chi connectivity index (χ0n) is 18.2. The number of aromatic nitrogens is 2. The number of nitrogens with zero attached hydrogens (tertiary/aromatic N) is 3. The Kier molecular flexibility index (Phi) is 8.11. The fourth-order valence-corrected chi connectivity index (χ4v) is 4.27. The van der Waals surface area contributed by atoms with Crippen LogP contribution in [-0.4, -0.2) is 69.6 Å². The van der Waals surface area contributed by atoms with Crippen molar-refractivity contribution in [3.8, 4) is 0 Å². The summed E-state index contributed by atoms with van der Waals surface area (Å²) < 4.78 is 40.9. The molecule has 9 nitrogen and oxygen atoms in total. The minimum Gasteiger partial charge on any atom is -0.387 e. The van der Waals surface area contributed by atoms with Crippen molar-refractivity contribution in [3.05, 3.63) is 24.4 Å². The Morgan fingerprint density at radius 3 is 2.58 bits per heavy atom. The minimum atomic E-state index is -4.66. The Hall–Kier alpha value is -2.89. The molecule has 1 saturated carbocycles. The molecule has 1 aromatic heterocycles. The second kappa shape index (κ2) is 10.8. The second-order valence-corrected chi connectivity index (χ2v) is 8.29. The summed E-state index contributed by atoms with van der Waals surface area (Å²) in [4.78, 5) is 33.0. The number of carbonyl (C=O) groups is 2. The number of likely N-dealkylation sites (tertiary alicyclic amines) is 1. The molecule has 0 radical (unpaired) electrons. The van der Waals surface area contributed by atoms with E-state index in [1.54, 1.807) is 0 Å². The van der Waals surface area contributed by atoms with E-state index in [1.807, 2.05) is 0 Å². The van der Waals surface area contributed by atoms with Crippen LogP contribution in [-0.2, 0) is 15.8 Å². The van der Waals surface area contributed by atoms with Crippen LogP contribution in [0.4, 0.5) is 24.9 Å². The van der Waals surface area contributed by atoms with Crippen LogP contribution in [0.15, 0.2) is 18.9 Å². The van der Waals surface area contributed by atoms with E-state index in [-0.39, 0.29) is 29.8 Å². The molecule has 2 fully saturated rings. The van der Waals surface area contributed by atoms with E-state index in [9.17, 15) is 22.8 Å². The summed E-state index contributed by atoms with van der Waals surface area (Å²) in [5.41, 5.74) is -0.992. The highest BCUT2D eigenvalue weighted by molar-refractivity contribution is 5.87. The molecule has 2 amide bonds. The molecule has 12 heteroatoms. The third-order valence-corrected chi connectivity index (χ3v) is 5.94. The summed E-state index contributed by atoms with van der Waals surface area (Å²) in [7, 11) is 0. The van der Waals surface area contributed by atoms with Crippen molar-refractivity contribution < 1.29 is 27.9 Å². The van der Waals surface area contributed by atoms with Crippen LogP contribution in [0, 0.1) is 0 Å². The van der Waals surface area contributed by atoms with Gasteiger partial charge in [-0.1, -0.05) is 19.4 Å². The molecule has 33 heavy (non-hydrogen) atoms. The highest BCUT2D eigenvalue weighted by Crippen LogP contribution is 2.35. The fraction of sp³-hybridized carbons (Fsp3) is 0.619. The molecule has 1 aliphatic heterocycles. The molecule has 182 valence electrons. The quantitative estimate of drug-likeness (QED) is 0.450. The lowest BCUT2D eigenvalue weighted by Crippen LogP contribution is -2.48. The Morgan fingerprint density at radius 2 is 1.91 bits per heavy atom. The lowest BCUT2D eigenvalue weighted by atomic mass is 9.90. The Morgan fingerprint density at radius 1 is 1.18 bits per heavy atom. The van der Waals surface area contributed by atoms with Crippen LogP contribution in [0.3, 0.4) is 0 Å². The van der Waals surface area contributed by atoms with Crippen LogP contribution < -0.4 is 16.0 Å². The summed E-state index contributed by atoms with van der Waals surface area (Å²) in [6.07, 6.45) is 1.44. The monoisotopic (exact) mass is 470 g/mol. The van der Waals surface area contributed by atoms with Crippen LogP contribution in [0.2, 0.25) is 0 Å².